The fourth-order valence-corrected chi connectivity index (χ4v) is 6.16. The Hall–Kier alpha value is -3.10. The highest BCUT2D eigenvalue weighted by Gasteiger charge is 2.18. The summed E-state index contributed by atoms with van der Waals surface area (Å²) in [4.78, 5) is 15.8. The molecule has 7 nitrogen and oxygen atoms in total. The first-order valence-corrected chi connectivity index (χ1v) is 14.1. The first-order chi connectivity index (χ1) is 18.9. The van der Waals surface area contributed by atoms with E-state index in [0.29, 0.717) is 34.3 Å². The molecule has 0 bridgehead atoms. The van der Waals surface area contributed by atoms with E-state index in [1.54, 1.807) is 29.8 Å². The summed E-state index contributed by atoms with van der Waals surface area (Å²) in [5.41, 5.74) is 4.89. The van der Waals surface area contributed by atoms with E-state index in [1.807, 2.05) is 30.1 Å². The lowest BCUT2D eigenvalue weighted by Crippen LogP contribution is -2.24. The van der Waals surface area contributed by atoms with Gasteiger partial charge in [-0.2, -0.15) is 5.10 Å². The van der Waals surface area contributed by atoms with Gasteiger partial charge in [-0.25, -0.2) is 0 Å². The molecule has 0 saturated carbocycles. The van der Waals surface area contributed by atoms with E-state index in [1.165, 1.54) is 25.9 Å². The Kier molecular flexibility index (Phi) is 7.25. The minimum absolute atomic E-state index is 0.112. The Balaban J connectivity index is 1.29. The van der Waals surface area contributed by atoms with Crippen molar-refractivity contribution in [3.05, 3.63) is 75.1 Å². The second-order valence-electron chi connectivity index (χ2n) is 10.2. The number of benzene rings is 2. The number of likely N-dealkylation sites (tertiary alicyclic amines) is 1. The first-order valence-electron chi connectivity index (χ1n) is 13.3. The Morgan fingerprint density at radius 3 is 2.46 bits per heavy atom. The minimum atomic E-state index is -0.112. The lowest BCUT2D eigenvalue weighted by molar-refractivity contribution is 0.103. The van der Waals surface area contributed by atoms with E-state index in [0.717, 1.165) is 46.3 Å². The Morgan fingerprint density at radius 2 is 1.67 bits per heavy atom. The van der Waals surface area contributed by atoms with Crippen molar-refractivity contribution in [3.63, 3.8) is 0 Å². The van der Waals surface area contributed by atoms with Crippen molar-refractivity contribution in [2.75, 3.05) is 32.8 Å². The van der Waals surface area contributed by atoms with Gasteiger partial charge < -0.3 is 14.2 Å². The number of hydrogen-bond acceptors (Lipinski definition) is 4. The van der Waals surface area contributed by atoms with Crippen LogP contribution in [-0.2, 0) is 25.4 Å². The molecule has 39 heavy (non-hydrogen) atoms. The van der Waals surface area contributed by atoms with Crippen molar-refractivity contribution in [1.82, 2.24) is 23.8 Å². The van der Waals surface area contributed by atoms with Gasteiger partial charge in [0.05, 0.1) is 36.0 Å². The quantitative estimate of drug-likeness (QED) is 0.218. The van der Waals surface area contributed by atoms with Crippen molar-refractivity contribution in [2.45, 2.75) is 19.4 Å². The number of rotatable bonds is 8. The van der Waals surface area contributed by atoms with Gasteiger partial charge in [-0.1, -0.05) is 35.3 Å². The summed E-state index contributed by atoms with van der Waals surface area (Å²) >= 11 is 12.6. The van der Waals surface area contributed by atoms with Crippen LogP contribution in [0.1, 0.15) is 12.8 Å². The molecule has 0 radical (unpaired) electrons. The molecule has 0 unspecified atom stereocenters. The van der Waals surface area contributed by atoms with Crippen LogP contribution in [0.15, 0.2) is 59.5 Å². The normalized spacial score (nSPS) is 14.3. The molecule has 3 aromatic heterocycles. The molecule has 0 spiro atoms. The second kappa shape index (κ2) is 10.8. The molecule has 1 aliphatic rings. The van der Waals surface area contributed by atoms with E-state index < -0.39 is 0 Å². The fraction of sp³-hybridized carbons (Fsp3) is 0.333. The summed E-state index contributed by atoms with van der Waals surface area (Å²) in [6.45, 7) is 5.51. The number of fused-ring (bicyclic) bond motifs is 3. The minimum Gasteiger partial charge on any atom is -0.378 e. The largest absolute Gasteiger partial charge is 0.378 e. The van der Waals surface area contributed by atoms with E-state index in [4.69, 9.17) is 33.0 Å². The standard InChI is InChI=1S/C30H31Cl2N5O2/c1-34-28-8-5-20(27-9-12-37(33-27)14-16-39-15-13-36-10-3-4-11-36)17-23(28)24-19-25(30(38)35(2)29(24)34)22-7-6-21(31)18-26(22)32/h5-9,12,17-19H,3-4,10-11,13-16H2,1-2H3. The van der Waals surface area contributed by atoms with Gasteiger partial charge in [0.15, 0.2) is 0 Å². The predicted octanol–water partition coefficient (Wildman–Crippen LogP) is 5.98. The zero-order valence-corrected chi connectivity index (χ0v) is 23.7. The number of hydrogen-bond donors (Lipinski definition) is 0. The summed E-state index contributed by atoms with van der Waals surface area (Å²) < 4.78 is 11.5. The van der Waals surface area contributed by atoms with Crippen LogP contribution in [-0.4, -0.2) is 56.7 Å². The molecule has 1 aliphatic heterocycles. The molecular formula is C30H31Cl2N5O2. The third-order valence-electron chi connectivity index (χ3n) is 7.72. The van der Waals surface area contributed by atoms with Gasteiger partial charge in [-0.15, -0.1) is 0 Å². The second-order valence-corrected chi connectivity index (χ2v) is 11.0. The van der Waals surface area contributed by atoms with Crippen LogP contribution in [0.4, 0.5) is 0 Å². The topological polar surface area (TPSA) is 57.2 Å². The Labute approximate surface area is 237 Å². The van der Waals surface area contributed by atoms with Crippen molar-refractivity contribution in [1.29, 1.82) is 0 Å². The molecule has 1 fully saturated rings. The molecule has 9 heteroatoms. The average Bonchev–Trinajstić information content (AvgIpc) is 3.67. The molecule has 0 aliphatic carbocycles. The number of pyridine rings is 1. The third kappa shape index (κ3) is 5.00. The average molecular weight is 565 g/mol. The Morgan fingerprint density at radius 1 is 0.872 bits per heavy atom. The molecule has 0 atom stereocenters. The maximum Gasteiger partial charge on any atom is 0.259 e. The summed E-state index contributed by atoms with van der Waals surface area (Å²) in [6, 6.07) is 15.5. The van der Waals surface area contributed by atoms with E-state index in [2.05, 4.69) is 27.7 Å². The molecule has 6 rings (SSSR count). The van der Waals surface area contributed by atoms with Gasteiger partial charge in [0.25, 0.3) is 5.56 Å². The van der Waals surface area contributed by atoms with Crippen LogP contribution >= 0.6 is 23.2 Å². The first kappa shape index (κ1) is 26.1. The number of nitrogens with zero attached hydrogens (tertiary/aromatic N) is 5. The fourth-order valence-electron chi connectivity index (χ4n) is 5.65. The number of aromatic nitrogens is 4. The van der Waals surface area contributed by atoms with Crippen LogP contribution < -0.4 is 5.56 Å². The Bertz CT molecular complexity index is 1730. The van der Waals surface area contributed by atoms with Gasteiger partial charge in [-0.05, 0) is 62.3 Å². The molecule has 1 saturated heterocycles. The maximum absolute atomic E-state index is 13.4. The predicted molar refractivity (Wildman–Crippen MR) is 159 cm³/mol. The molecule has 2 aromatic carbocycles. The summed E-state index contributed by atoms with van der Waals surface area (Å²) in [5, 5.41) is 7.80. The highest BCUT2D eigenvalue weighted by molar-refractivity contribution is 6.36. The van der Waals surface area contributed by atoms with Gasteiger partial charge in [0, 0.05) is 59.3 Å². The monoisotopic (exact) mass is 563 g/mol. The maximum atomic E-state index is 13.4. The number of ether oxygens (including phenoxy) is 1. The van der Waals surface area contributed by atoms with Crippen molar-refractivity contribution in [2.24, 2.45) is 14.1 Å². The molecule has 4 heterocycles. The molecule has 0 N–H and O–H groups in total. The summed E-state index contributed by atoms with van der Waals surface area (Å²) in [6.07, 6.45) is 4.60. The van der Waals surface area contributed by atoms with Gasteiger partial charge >= 0.3 is 0 Å². The van der Waals surface area contributed by atoms with E-state index in [-0.39, 0.29) is 5.56 Å². The van der Waals surface area contributed by atoms with Crippen LogP contribution in [0.5, 0.6) is 0 Å². The van der Waals surface area contributed by atoms with Crippen molar-refractivity contribution < 1.29 is 4.74 Å². The van der Waals surface area contributed by atoms with Gasteiger partial charge in [-0.3, -0.25) is 14.0 Å². The van der Waals surface area contributed by atoms with Crippen LogP contribution in [0.25, 0.3) is 44.3 Å². The molecule has 0 amide bonds. The molecule has 5 aromatic rings. The van der Waals surface area contributed by atoms with E-state index >= 15 is 0 Å². The van der Waals surface area contributed by atoms with Gasteiger partial charge in [0.1, 0.15) is 5.65 Å². The summed E-state index contributed by atoms with van der Waals surface area (Å²) in [7, 11) is 3.78. The molecular weight excluding hydrogens is 533 g/mol. The highest BCUT2D eigenvalue weighted by atomic mass is 35.5. The zero-order chi connectivity index (χ0) is 27.1. The lowest BCUT2D eigenvalue weighted by Gasteiger charge is -2.14. The van der Waals surface area contributed by atoms with Gasteiger partial charge in [0.2, 0.25) is 0 Å². The lowest BCUT2D eigenvalue weighted by atomic mass is 10.0. The smallest absolute Gasteiger partial charge is 0.259 e. The van der Waals surface area contributed by atoms with Crippen LogP contribution in [0, 0.1) is 0 Å². The van der Waals surface area contributed by atoms with E-state index in [9.17, 15) is 4.79 Å². The number of halogens is 2. The highest BCUT2D eigenvalue weighted by Crippen LogP contribution is 2.35. The SMILES string of the molecule is Cn1c(=O)c(-c2ccc(Cl)cc2Cl)cc2c3cc(-c4ccn(CCOCCN5CCCC5)n4)ccc3n(C)c21. The van der Waals surface area contributed by atoms with Crippen molar-refractivity contribution >= 4 is 45.1 Å². The van der Waals surface area contributed by atoms with Crippen molar-refractivity contribution in [3.8, 4) is 22.4 Å². The van der Waals surface area contributed by atoms with Crippen LogP contribution in [0.3, 0.4) is 0 Å². The summed E-state index contributed by atoms with van der Waals surface area (Å²) in [5.74, 6) is 0. The zero-order valence-electron chi connectivity index (χ0n) is 22.2. The third-order valence-corrected chi connectivity index (χ3v) is 8.27. The molecule has 202 valence electrons. The number of aryl methyl sites for hydroxylation is 2. The van der Waals surface area contributed by atoms with Crippen LogP contribution in [0.2, 0.25) is 10.0 Å².